The van der Waals surface area contributed by atoms with Crippen LogP contribution in [-0.2, 0) is 9.53 Å². The summed E-state index contributed by atoms with van der Waals surface area (Å²) < 4.78 is 5.07. The number of anilines is 1. The molecule has 0 radical (unpaired) electrons. The summed E-state index contributed by atoms with van der Waals surface area (Å²) in [6.45, 7) is 3.21. The molecular formula is C16H21Br2NO2. The molecule has 21 heavy (non-hydrogen) atoms. The monoisotopic (exact) mass is 417 g/mol. The molecule has 0 amide bonds. The summed E-state index contributed by atoms with van der Waals surface area (Å²) in [5.41, 5.74) is 2.16. The number of benzene rings is 1. The van der Waals surface area contributed by atoms with Crippen molar-refractivity contribution < 1.29 is 9.53 Å². The number of esters is 1. The first-order valence-electron chi connectivity index (χ1n) is 7.41. The molecular weight excluding hydrogens is 398 g/mol. The van der Waals surface area contributed by atoms with E-state index in [4.69, 9.17) is 4.74 Å². The molecule has 116 valence electrons. The number of rotatable bonds is 7. The molecule has 0 aromatic heterocycles. The molecule has 0 spiro atoms. The fraction of sp³-hybridized carbons (Fsp3) is 0.562. The van der Waals surface area contributed by atoms with Gasteiger partial charge in [-0.05, 0) is 37.3 Å². The minimum Gasteiger partial charge on any atom is -0.465 e. The molecule has 5 heteroatoms. The van der Waals surface area contributed by atoms with E-state index in [1.165, 1.54) is 19.3 Å². The predicted molar refractivity (Wildman–Crippen MR) is 93.3 cm³/mol. The summed E-state index contributed by atoms with van der Waals surface area (Å²) in [5.74, 6) is 0.546. The topological polar surface area (TPSA) is 38.3 Å². The van der Waals surface area contributed by atoms with Crippen LogP contribution in [-0.4, -0.2) is 23.9 Å². The van der Waals surface area contributed by atoms with Gasteiger partial charge in [0, 0.05) is 12.2 Å². The first kappa shape index (κ1) is 16.8. The van der Waals surface area contributed by atoms with Gasteiger partial charge < -0.3 is 10.1 Å². The zero-order valence-corrected chi connectivity index (χ0v) is 15.3. The highest BCUT2D eigenvalue weighted by Gasteiger charge is 2.28. The Morgan fingerprint density at radius 2 is 2.10 bits per heavy atom. The van der Waals surface area contributed by atoms with E-state index in [9.17, 15) is 4.79 Å². The van der Waals surface area contributed by atoms with Gasteiger partial charge in [0.1, 0.15) is 4.83 Å². The smallest absolute Gasteiger partial charge is 0.321 e. The van der Waals surface area contributed by atoms with Crippen LogP contribution < -0.4 is 5.32 Å². The molecule has 2 rings (SSSR count). The molecule has 1 N–H and O–H groups in total. The van der Waals surface area contributed by atoms with Crippen molar-refractivity contribution in [3.8, 4) is 0 Å². The van der Waals surface area contributed by atoms with E-state index in [-0.39, 0.29) is 10.8 Å². The molecule has 1 aromatic carbocycles. The Morgan fingerprint density at radius 1 is 1.38 bits per heavy atom. The molecule has 2 unspecified atom stereocenters. The number of ether oxygens (including phenoxy) is 1. The molecule has 1 aliphatic rings. The fourth-order valence-corrected chi connectivity index (χ4v) is 3.38. The van der Waals surface area contributed by atoms with Crippen molar-refractivity contribution in [1.29, 1.82) is 0 Å². The van der Waals surface area contributed by atoms with Gasteiger partial charge in [-0.15, -0.1) is 0 Å². The number of nitrogens with one attached hydrogen (secondary N) is 1. The van der Waals surface area contributed by atoms with Crippen LogP contribution in [0.2, 0.25) is 0 Å². The van der Waals surface area contributed by atoms with Gasteiger partial charge in [0.2, 0.25) is 0 Å². The second-order valence-corrected chi connectivity index (χ2v) is 7.29. The number of para-hydroxylation sites is 1. The Bertz CT molecular complexity index is 477. The zero-order valence-electron chi connectivity index (χ0n) is 12.1. The maximum atomic E-state index is 11.9. The van der Waals surface area contributed by atoms with Gasteiger partial charge in [-0.1, -0.05) is 56.5 Å². The van der Waals surface area contributed by atoms with Gasteiger partial charge in [-0.2, -0.15) is 0 Å². The Kier molecular flexibility index (Phi) is 6.55. The van der Waals surface area contributed by atoms with Crippen molar-refractivity contribution in [2.75, 3.05) is 18.5 Å². The van der Waals surface area contributed by atoms with Crippen molar-refractivity contribution in [3.05, 3.63) is 29.8 Å². The van der Waals surface area contributed by atoms with Crippen molar-refractivity contribution in [2.45, 2.75) is 35.8 Å². The van der Waals surface area contributed by atoms with E-state index < -0.39 is 4.83 Å². The first-order chi connectivity index (χ1) is 10.1. The first-order valence-corrected chi connectivity index (χ1v) is 9.24. The number of halogens is 2. The highest BCUT2D eigenvalue weighted by molar-refractivity contribution is 9.12. The van der Waals surface area contributed by atoms with Gasteiger partial charge in [-0.3, -0.25) is 4.79 Å². The average molecular weight is 419 g/mol. The third kappa shape index (κ3) is 4.46. The molecule has 0 bridgehead atoms. The van der Waals surface area contributed by atoms with Crippen LogP contribution in [0.15, 0.2) is 24.3 Å². The summed E-state index contributed by atoms with van der Waals surface area (Å²) in [6.07, 6.45) is 3.98. The number of hydrogen-bond acceptors (Lipinski definition) is 3. The molecule has 3 nitrogen and oxygen atoms in total. The molecule has 1 aromatic rings. The third-order valence-electron chi connectivity index (χ3n) is 3.83. The number of hydrogen-bond donors (Lipinski definition) is 1. The lowest BCUT2D eigenvalue weighted by Gasteiger charge is -2.27. The highest BCUT2D eigenvalue weighted by Crippen LogP contribution is 2.37. The Labute approximate surface area is 143 Å². The Balaban J connectivity index is 2.04. The average Bonchev–Trinajstić information content (AvgIpc) is 2.45. The third-order valence-corrected chi connectivity index (χ3v) is 6.47. The molecule has 1 fully saturated rings. The summed E-state index contributed by atoms with van der Waals surface area (Å²) in [7, 11) is 0. The van der Waals surface area contributed by atoms with Crippen LogP contribution in [0.5, 0.6) is 0 Å². The van der Waals surface area contributed by atoms with Crippen LogP contribution >= 0.6 is 31.9 Å². The summed E-state index contributed by atoms with van der Waals surface area (Å²) in [4.78, 5) is 11.3. The lowest BCUT2D eigenvalue weighted by atomic mass is 9.85. The van der Waals surface area contributed by atoms with E-state index in [0.717, 1.165) is 23.7 Å². The van der Waals surface area contributed by atoms with Crippen LogP contribution in [0.3, 0.4) is 0 Å². The van der Waals surface area contributed by atoms with Crippen molar-refractivity contribution in [1.82, 2.24) is 0 Å². The van der Waals surface area contributed by atoms with Gasteiger partial charge in [0.05, 0.1) is 11.4 Å². The minimum absolute atomic E-state index is 0.123. The molecule has 0 saturated heterocycles. The van der Waals surface area contributed by atoms with E-state index >= 15 is 0 Å². The maximum Gasteiger partial charge on any atom is 0.321 e. The van der Waals surface area contributed by atoms with E-state index in [1.807, 2.05) is 25.1 Å². The second kappa shape index (κ2) is 8.18. The van der Waals surface area contributed by atoms with E-state index in [2.05, 4.69) is 43.2 Å². The molecule has 1 saturated carbocycles. The van der Waals surface area contributed by atoms with Crippen LogP contribution in [0, 0.1) is 5.92 Å². The SMILES string of the molecule is CCOC(=O)C(Br)C(Br)c1ccccc1NCC1CCC1. The number of carbonyl (C=O) groups excluding carboxylic acids is 1. The fourth-order valence-electron chi connectivity index (χ4n) is 2.35. The number of alkyl halides is 2. The minimum atomic E-state index is -0.399. The van der Waals surface area contributed by atoms with Crippen LogP contribution in [0.25, 0.3) is 0 Å². The molecule has 0 aliphatic heterocycles. The van der Waals surface area contributed by atoms with Gasteiger partial charge in [-0.25, -0.2) is 0 Å². The standard InChI is InChI=1S/C16H21Br2NO2/c1-2-21-16(20)15(18)14(17)12-8-3-4-9-13(12)19-10-11-6-5-7-11/h3-4,8-9,11,14-15,19H,2,5-7,10H2,1H3. The van der Waals surface area contributed by atoms with Gasteiger partial charge >= 0.3 is 5.97 Å². The summed E-state index contributed by atoms with van der Waals surface area (Å²) >= 11 is 7.06. The van der Waals surface area contributed by atoms with Crippen molar-refractivity contribution in [2.24, 2.45) is 5.92 Å². The molecule has 0 heterocycles. The normalized spacial score (nSPS) is 17.7. The Morgan fingerprint density at radius 3 is 2.71 bits per heavy atom. The van der Waals surface area contributed by atoms with E-state index in [1.54, 1.807) is 0 Å². The Hall–Kier alpha value is -0.550. The maximum absolute atomic E-state index is 11.9. The summed E-state index contributed by atoms with van der Waals surface area (Å²) in [6, 6.07) is 8.10. The van der Waals surface area contributed by atoms with E-state index in [0.29, 0.717) is 6.61 Å². The summed E-state index contributed by atoms with van der Waals surface area (Å²) in [5, 5.41) is 3.52. The second-order valence-electron chi connectivity index (χ2n) is 5.32. The van der Waals surface area contributed by atoms with Gasteiger partial charge in [0.25, 0.3) is 0 Å². The predicted octanol–water partition coefficient (Wildman–Crippen LogP) is 4.66. The number of carbonyl (C=O) groups is 1. The quantitative estimate of drug-likeness (QED) is 0.516. The highest BCUT2D eigenvalue weighted by atomic mass is 79.9. The molecule has 2 atom stereocenters. The van der Waals surface area contributed by atoms with Crippen molar-refractivity contribution >= 4 is 43.5 Å². The lowest BCUT2D eigenvalue weighted by Crippen LogP contribution is -2.24. The van der Waals surface area contributed by atoms with Crippen LogP contribution in [0.1, 0.15) is 36.6 Å². The van der Waals surface area contributed by atoms with Crippen LogP contribution in [0.4, 0.5) is 5.69 Å². The molecule has 1 aliphatic carbocycles. The largest absolute Gasteiger partial charge is 0.465 e. The lowest BCUT2D eigenvalue weighted by molar-refractivity contribution is -0.142. The van der Waals surface area contributed by atoms with Crippen molar-refractivity contribution in [3.63, 3.8) is 0 Å². The van der Waals surface area contributed by atoms with Gasteiger partial charge in [0.15, 0.2) is 0 Å². The zero-order chi connectivity index (χ0) is 15.2.